The van der Waals surface area contributed by atoms with Crippen LogP contribution in [0.15, 0.2) is 66.7 Å². The molecule has 0 fully saturated rings. The molecule has 0 aromatic heterocycles. The topological polar surface area (TPSA) is 87.7 Å². The summed E-state index contributed by atoms with van der Waals surface area (Å²) in [5, 5.41) is 16.0. The van der Waals surface area contributed by atoms with Crippen LogP contribution in [-0.2, 0) is 4.79 Å². The van der Waals surface area contributed by atoms with E-state index >= 15 is 0 Å². The lowest BCUT2D eigenvalue weighted by molar-refractivity contribution is -0.136. The molecule has 1 unspecified atom stereocenters. The number of aliphatic carboxylic acids is 1. The van der Waals surface area contributed by atoms with Gasteiger partial charge in [0, 0.05) is 33.4 Å². The van der Waals surface area contributed by atoms with Gasteiger partial charge in [0.15, 0.2) is 0 Å². The number of amides is 1. The third-order valence-corrected chi connectivity index (χ3v) is 6.14. The molecule has 0 spiro atoms. The molecule has 8 heteroatoms. The summed E-state index contributed by atoms with van der Waals surface area (Å²) in [5.74, 6) is -0.477. The molecular formula is C28H30Cl2N2O4. The first-order valence-corrected chi connectivity index (χ1v) is 12.7. The number of hydrogen-bond acceptors (Lipinski definition) is 4. The molecule has 0 saturated carbocycles. The van der Waals surface area contributed by atoms with Crippen LogP contribution >= 0.6 is 23.2 Å². The Kier molecular flexibility index (Phi) is 10.5. The van der Waals surface area contributed by atoms with Crippen molar-refractivity contribution in [2.24, 2.45) is 0 Å². The van der Waals surface area contributed by atoms with Gasteiger partial charge in [0.1, 0.15) is 12.4 Å². The Bertz CT molecular complexity index is 1150. The molecule has 6 nitrogen and oxygen atoms in total. The Morgan fingerprint density at radius 2 is 1.72 bits per heavy atom. The van der Waals surface area contributed by atoms with Crippen LogP contribution < -0.4 is 15.4 Å². The number of rotatable bonds is 13. The van der Waals surface area contributed by atoms with Crippen molar-refractivity contribution in [3.8, 4) is 16.9 Å². The number of nitrogens with one attached hydrogen (secondary N) is 2. The lowest BCUT2D eigenvalue weighted by Gasteiger charge is -2.21. The molecule has 1 amide bonds. The van der Waals surface area contributed by atoms with Crippen molar-refractivity contribution in [3.05, 3.63) is 82.3 Å². The Morgan fingerprint density at radius 3 is 2.36 bits per heavy atom. The maximum absolute atomic E-state index is 12.2. The highest BCUT2D eigenvalue weighted by molar-refractivity contribution is 6.36. The van der Waals surface area contributed by atoms with Gasteiger partial charge in [-0.25, -0.2) is 0 Å². The lowest BCUT2D eigenvalue weighted by Crippen LogP contribution is -2.27. The van der Waals surface area contributed by atoms with Gasteiger partial charge in [0.25, 0.3) is 5.91 Å². The Labute approximate surface area is 221 Å². The first-order chi connectivity index (χ1) is 17.4. The van der Waals surface area contributed by atoms with Gasteiger partial charge in [-0.1, -0.05) is 61.2 Å². The van der Waals surface area contributed by atoms with Crippen molar-refractivity contribution in [2.45, 2.75) is 38.6 Å². The van der Waals surface area contributed by atoms with Crippen molar-refractivity contribution in [1.29, 1.82) is 0 Å². The Morgan fingerprint density at radius 1 is 1.00 bits per heavy atom. The van der Waals surface area contributed by atoms with Gasteiger partial charge >= 0.3 is 5.97 Å². The normalized spacial score (nSPS) is 11.5. The van der Waals surface area contributed by atoms with Gasteiger partial charge in [-0.05, 0) is 60.5 Å². The van der Waals surface area contributed by atoms with Crippen LogP contribution in [0.2, 0.25) is 10.0 Å². The zero-order chi connectivity index (χ0) is 25.9. The van der Waals surface area contributed by atoms with Crippen LogP contribution in [0.25, 0.3) is 11.1 Å². The van der Waals surface area contributed by atoms with Crippen LogP contribution in [0.1, 0.15) is 43.0 Å². The van der Waals surface area contributed by atoms with E-state index in [-0.39, 0.29) is 24.9 Å². The maximum atomic E-state index is 12.2. The van der Waals surface area contributed by atoms with Gasteiger partial charge < -0.3 is 20.5 Å². The summed E-state index contributed by atoms with van der Waals surface area (Å²) in [6, 6.07) is 20.4. The maximum Gasteiger partial charge on any atom is 0.305 e. The molecule has 3 aromatic rings. The van der Waals surface area contributed by atoms with Crippen molar-refractivity contribution >= 4 is 40.8 Å². The number of unbranched alkanes of at least 4 members (excludes halogenated alkanes) is 1. The number of benzene rings is 3. The molecule has 190 valence electrons. The number of ether oxygens (including phenoxy) is 1. The quantitative estimate of drug-likeness (QED) is 0.224. The van der Waals surface area contributed by atoms with Gasteiger partial charge in [0.05, 0.1) is 12.5 Å². The van der Waals surface area contributed by atoms with E-state index < -0.39 is 5.97 Å². The van der Waals surface area contributed by atoms with E-state index in [1.54, 1.807) is 18.2 Å². The van der Waals surface area contributed by atoms with Crippen LogP contribution in [-0.4, -0.2) is 36.2 Å². The zero-order valence-corrected chi connectivity index (χ0v) is 21.6. The van der Waals surface area contributed by atoms with Gasteiger partial charge in [-0.2, -0.15) is 0 Å². The minimum atomic E-state index is -0.947. The fraction of sp³-hybridized carbons (Fsp3) is 0.286. The van der Waals surface area contributed by atoms with E-state index in [2.05, 4.69) is 17.6 Å². The summed E-state index contributed by atoms with van der Waals surface area (Å²) in [4.78, 5) is 22.8. The molecule has 0 saturated heterocycles. The highest BCUT2D eigenvalue weighted by Gasteiger charge is 2.12. The SMILES string of the molecule is CCCCC(COc1ccc(-c2ccc(Cl)cc2Cl)cc1)Nc1ccc(C(=O)NCCC(=O)O)cc1. The number of halogens is 2. The van der Waals surface area contributed by atoms with Crippen LogP contribution in [0.5, 0.6) is 5.75 Å². The van der Waals surface area contributed by atoms with Gasteiger partial charge in [-0.15, -0.1) is 0 Å². The average Bonchev–Trinajstić information content (AvgIpc) is 2.86. The lowest BCUT2D eigenvalue weighted by atomic mass is 10.1. The third kappa shape index (κ3) is 8.47. The molecule has 0 heterocycles. The van der Waals surface area contributed by atoms with Gasteiger partial charge in [-0.3, -0.25) is 9.59 Å². The fourth-order valence-electron chi connectivity index (χ4n) is 3.64. The molecular weight excluding hydrogens is 499 g/mol. The monoisotopic (exact) mass is 528 g/mol. The zero-order valence-electron chi connectivity index (χ0n) is 20.1. The summed E-state index contributed by atoms with van der Waals surface area (Å²) in [6.45, 7) is 2.73. The molecule has 0 aliphatic heterocycles. The van der Waals surface area contributed by atoms with E-state index in [1.165, 1.54) is 0 Å². The minimum absolute atomic E-state index is 0.0885. The number of carboxylic acids is 1. The highest BCUT2D eigenvalue weighted by atomic mass is 35.5. The second-order valence-electron chi connectivity index (χ2n) is 8.42. The number of anilines is 1. The van der Waals surface area contributed by atoms with Crippen molar-refractivity contribution in [1.82, 2.24) is 5.32 Å². The summed E-state index contributed by atoms with van der Waals surface area (Å²) in [7, 11) is 0. The van der Waals surface area contributed by atoms with Gasteiger partial charge in [0.2, 0.25) is 0 Å². The molecule has 3 rings (SSSR count). The predicted octanol–water partition coefficient (Wildman–Crippen LogP) is 6.91. The molecule has 3 N–H and O–H groups in total. The smallest absolute Gasteiger partial charge is 0.305 e. The molecule has 0 aliphatic rings. The van der Waals surface area contributed by atoms with E-state index in [9.17, 15) is 9.59 Å². The van der Waals surface area contributed by atoms with E-state index in [0.717, 1.165) is 41.8 Å². The Balaban J connectivity index is 1.57. The largest absolute Gasteiger partial charge is 0.491 e. The summed E-state index contributed by atoms with van der Waals surface area (Å²) in [6.07, 6.45) is 2.96. The molecule has 36 heavy (non-hydrogen) atoms. The number of carbonyl (C=O) groups is 2. The molecule has 3 aromatic carbocycles. The summed E-state index contributed by atoms with van der Waals surface area (Å²) >= 11 is 12.3. The molecule has 0 radical (unpaired) electrons. The van der Waals surface area contributed by atoms with Crippen molar-refractivity contribution in [3.63, 3.8) is 0 Å². The summed E-state index contributed by atoms with van der Waals surface area (Å²) < 4.78 is 6.07. The first-order valence-electron chi connectivity index (χ1n) is 11.9. The van der Waals surface area contributed by atoms with Crippen LogP contribution in [0.3, 0.4) is 0 Å². The standard InChI is InChI=1S/C28H30Cl2N2O4/c1-2-3-4-23(32-22-10-5-20(6-11-22)28(35)31-16-15-27(33)34)18-36-24-12-7-19(8-13-24)25-14-9-21(29)17-26(25)30/h5-14,17,23,32H,2-4,15-16,18H2,1H3,(H,31,35)(H,33,34). The average molecular weight is 529 g/mol. The van der Waals surface area contributed by atoms with Crippen LogP contribution in [0, 0.1) is 0 Å². The molecule has 0 aliphatic carbocycles. The minimum Gasteiger partial charge on any atom is -0.491 e. The van der Waals surface area contributed by atoms with E-state index in [4.69, 9.17) is 33.0 Å². The van der Waals surface area contributed by atoms with Crippen molar-refractivity contribution < 1.29 is 19.4 Å². The van der Waals surface area contributed by atoms with E-state index in [0.29, 0.717) is 22.2 Å². The van der Waals surface area contributed by atoms with Crippen LogP contribution in [0.4, 0.5) is 5.69 Å². The second-order valence-corrected chi connectivity index (χ2v) is 9.26. The number of hydrogen-bond donors (Lipinski definition) is 3. The van der Waals surface area contributed by atoms with E-state index in [1.807, 2.05) is 48.5 Å². The fourth-order valence-corrected chi connectivity index (χ4v) is 4.15. The summed E-state index contributed by atoms with van der Waals surface area (Å²) in [5.41, 5.74) is 3.26. The Hall–Kier alpha value is -3.22. The second kappa shape index (κ2) is 13.8. The number of carboxylic acid groups (broad SMARTS) is 1. The highest BCUT2D eigenvalue weighted by Crippen LogP contribution is 2.31. The molecule has 1 atom stereocenters. The van der Waals surface area contributed by atoms with Crippen molar-refractivity contribution in [2.75, 3.05) is 18.5 Å². The predicted molar refractivity (Wildman–Crippen MR) is 145 cm³/mol. The third-order valence-electron chi connectivity index (χ3n) is 5.60. The number of carbonyl (C=O) groups excluding carboxylic acids is 1. The molecule has 0 bridgehead atoms. The first kappa shape index (κ1) is 27.4.